The summed E-state index contributed by atoms with van der Waals surface area (Å²) in [6.07, 6.45) is 0. The number of aryl methyl sites for hydroxylation is 2. The molecule has 4 nitrogen and oxygen atoms in total. The van der Waals surface area contributed by atoms with Crippen LogP contribution in [0.2, 0.25) is 0 Å². The van der Waals surface area contributed by atoms with Crippen molar-refractivity contribution in [3.8, 4) is 28.4 Å². The molecule has 7 rings (SSSR count). The van der Waals surface area contributed by atoms with Gasteiger partial charge in [-0.25, -0.2) is 4.98 Å². The first-order valence-corrected chi connectivity index (χ1v) is 13.6. The van der Waals surface area contributed by atoms with E-state index in [4.69, 9.17) is 13.6 Å². The maximum Gasteiger partial charge on any atom is 0.571 e. The average Bonchev–Trinajstić information content (AvgIpc) is 3.41. The van der Waals surface area contributed by atoms with Gasteiger partial charge in [0.2, 0.25) is 5.75 Å². The summed E-state index contributed by atoms with van der Waals surface area (Å²) in [6.45, 7) is 4.12. The number of fused-ring (bicyclic) bond motifs is 1. The van der Waals surface area contributed by atoms with Crippen molar-refractivity contribution in [2.45, 2.75) is 13.8 Å². The number of hydrogen-bond acceptors (Lipinski definition) is 4. The fraction of sp³-hybridized carbons (Fsp3) is 0.0606. The van der Waals surface area contributed by atoms with Crippen LogP contribution in [0.3, 0.4) is 0 Å². The lowest BCUT2D eigenvalue weighted by molar-refractivity contribution is -0.0985. The Morgan fingerprint density at radius 1 is 0.632 bits per heavy atom. The van der Waals surface area contributed by atoms with Gasteiger partial charge in [-0.3, -0.25) is 9.78 Å². The van der Waals surface area contributed by atoms with Gasteiger partial charge in [0.05, 0.1) is 5.75 Å². The Hall–Kier alpha value is -4.30. The van der Waals surface area contributed by atoms with E-state index in [-0.39, 0.29) is 15.6 Å². The highest BCUT2D eigenvalue weighted by Crippen LogP contribution is 2.28. The Morgan fingerprint density at radius 2 is 1.37 bits per heavy atom. The third-order valence-electron chi connectivity index (χ3n) is 6.58. The highest BCUT2D eigenvalue weighted by molar-refractivity contribution is 6.56. The predicted molar refractivity (Wildman–Crippen MR) is 154 cm³/mol. The van der Waals surface area contributed by atoms with E-state index >= 15 is 0 Å². The van der Waals surface area contributed by atoms with Crippen LogP contribution < -0.4 is 18.0 Å². The fourth-order valence-electron chi connectivity index (χ4n) is 4.56. The van der Waals surface area contributed by atoms with Crippen LogP contribution in [0.15, 0.2) is 115 Å². The number of hydrogen-bond donors (Lipinski definition) is 0. The smallest absolute Gasteiger partial charge is 0.571 e. The van der Waals surface area contributed by atoms with Crippen molar-refractivity contribution in [1.29, 1.82) is 0 Å². The normalized spacial score (nSPS) is 11.3. The molecule has 1 aliphatic rings. The van der Waals surface area contributed by atoms with Crippen molar-refractivity contribution >= 4 is 41.7 Å². The molecule has 0 unspecified atom stereocenters. The zero-order chi connectivity index (χ0) is 25.9. The quantitative estimate of drug-likeness (QED) is 0.141. The Morgan fingerprint density at radius 3 is 2.21 bits per heavy atom. The van der Waals surface area contributed by atoms with Gasteiger partial charge in [0.15, 0.2) is 5.75 Å². The Labute approximate surface area is 228 Å². The molecule has 0 spiro atoms. The molecule has 0 fully saturated rings. The zero-order valence-electron chi connectivity index (χ0n) is 21.2. The molecule has 183 valence electrons. The van der Waals surface area contributed by atoms with Gasteiger partial charge in [0, 0.05) is 16.5 Å². The van der Waals surface area contributed by atoms with Gasteiger partial charge in [-0.05, 0) is 60.7 Å². The lowest BCUT2D eigenvalue weighted by Crippen LogP contribution is -2.16. The molecule has 0 N–H and O–H groups in total. The first-order chi connectivity index (χ1) is 18.7. The van der Waals surface area contributed by atoms with Gasteiger partial charge in [-0.2, -0.15) is 0 Å². The molecule has 0 amide bonds. The minimum atomic E-state index is 0.00417. The number of para-hydroxylation sites is 1. The van der Waals surface area contributed by atoms with Crippen molar-refractivity contribution in [3.05, 3.63) is 127 Å². The highest BCUT2D eigenvalue weighted by atomic mass is 27.1. The zero-order valence-corrected chi connectivity index (χ0v) is 22.4. The van der Waals surface area contributed by atoms with Gasteiger partial charge in [0.25, 0.3) is 0 Å². The maximum atomic E-state index is 5.68. The van der Waals surface area contributed by atoms with Gasteiger partial charge in [-0.15, -0.1) is 0 Å². The third-order valence-corrected chi connectivity index (χ3v) is 7.93. The maximum absolute atomic E-state index is 5.68. The molecule has 2 heterocycles. The predicted octanol–water partition coefficient (Wildman–Crippen LogP) is 7.37. The second kappa shape index (κ2) is 10.6. The van der Waals surface area contributed by atoms with Crippen LogP contribution in [0, 0.1) is 13.8 Å². The SMILES string of the molecule is Cc1ccc2cccc(OOc3ccc(-c4ccccc4)cc3)c2n1.Cc1ccc2cccc3c2[c]1[Al][O]3. The van der Waals surface area contributed by atoms with E-state index in [9.17, 15) is 0 Å². The molecular formula is C33H25AlNO3. The summed E-state index contributed by atoms with van der Waals surface area (Å²) in [4.78, 5) is 15.6. The molecule has 0 saturated carbocycles. The van der Waals surface area contributed by atoms with Crippen LogP contribution in [0.25, 0.3) is 32.8 Å². The standard InChI is InChI=1S/C22H17NO2.C11H9O.Al/c1-16-10-11-19-8-5-9-21(22(19)23-16)25-24-20-14-12-18(13-15-20)17-6-3-2-4-7-17;1-8-5-6-9-3-2-4-11(12)10(9)7-8;/h2-15H,1H3;2-6,12H,1H3;/q;;+1/p-1. The minimum absolute atomic E-state index is 0.00417. The summed E-state index contributed by atoms with van der Waals surface area (Å²) < 4.78 is 7.12. The minimum Gasteiger partial charge on any atom is -0.644 e. The second-order valence-electron chi connectivity index (χ2n) is 9.22. The molecule has 0 aliphatic carbocycles. The lowest BCUT2D eigenvalue weighted by Gasteiger charge is -2.09. The van der Waals surface area contributed by atoms with E-state index in [1.807, 2.05) is 79.7 Å². The summed E-state index contributed by atoms with van der Waals surface area (Å²) in [7, 11) is 0. The lowest BCUT2D eigenvalue weighted by atomic mass is 10.1. The first-order valence-electron chi connectivity index (χ1n) is 12.5. The van der Waals surface area contributed by atoms with Crippen LogP contribution in [-0.4, -0.2) is 20.5 Å². The van der Waals surface area contributed by atoms with E-state index < -0.39 is 0 Å². The first kappa shape index (κ1) is 24.1. The number of benzene rings is 5. The summed E-state index contributed by atoms with van der Waals surface area (Å²) in [5.74, 6) is 2.32. The van der Waals surface area contributed by atoms with Gasteiger partial charge >= 0.3 is 15.6 Å². The van der Waals surface area contributed by atoms with Crippen LogP contribution in [0.1, 0.15) is 11.3 Å². The topological polar surface area (TPSA) is 40.6 Å². The molecule has 5 aromatic carbocycles. The number of nitrogens with zero attached hydrogens (tertiary/aromatic N) is 1. The van der Waals surface area contributed by atoms with Crippen LogP contribution in [0.4, 0.5) is 0 Å². The Kier molecular flexibility index (Phi) is 6.71. The van der Waals surface area contributed by atoms with Gasteiger partial charge in [0.1, 0.15) is 5.52 Å². The van der Waals surface area contributed by atoms with Gasteiger partial charge < -0.3 is 3.79 Å². The van der Waals surface area contributed by atoms with E-state index in [0.717, 1.165) is 27.9 Å². The van der Waals surface area contributed by atoms with Crippen molar-refractivity contribution in [2.75, 3.05) is 0 Å². The molecule has 1 radical (unpaired) electrons. The van der Waals surface area contributed by atoms with Crippen molar-refractivity contribution in [1.82, 2.24) is 4.98 Å². The average molecular weight is 511 g/mol. The number of pyridine rings is 1. The summed E-state index contributed by atoms with van der Waals surface area (Å²) >= 11 is 0.00417. The van der Waals surface area contributed by atoms with Gasteiger partial charge in [-0.1, -0.05) is 94.9 Å². The van der Waals surface area contributed by atoms with Crippen molar-refractivity contribution < 1.29 is 13.6 Å². The summed E-state index contributed by atoms with van der Waals surface area (Å²) in [5, 5.41) is 3.67. The van der Waals surface area contributed by atoms with E-state index in [1.54, 1.807) is 0 Å². The molecule has 1 aromatic heterocycles. The molecule has 0 atom stereocenters. The molecule has 5 heteroatoms. The molecule has 38 heavy (non-hydrogen) atoms. The Balaban J connectivity index is 0.000000169. The number of rotatable bonds is 4. The fourth-order valence-corrected chi connectivity index (χ4v) is 5.71. The Bertz CT molecular complexity index is 1730. The van der Waals surface area contributed by atoms with Crippen molar-refractivity contribution in [3.63, 3.8) is 0 Å². The summed E-state index contributed by atoms with van der Waals surface area (Å²) in [5.41, 5.74) is 5.41. The molecule has 0 saturated heterocycles. The summed E-state index contributed by atoms with van der Waals surface area (Å²) in [6, 6.07) is 38.5. The molecule has 0 bridgehead atoms. The van der Waals surface area contributed by atoms with Crippen LogP contribution in [0.5, 0.6) is 17.2 Å². The third kappa shape index (κ3) is 4.95. The van der Waals surface area contributed by atoms with E-state index in [0.29, 0.717) is 11.5 Å². The second-order valence-corrected chi connectivity index (χ2v) is 10.3. The monoisotopic (exact) mass is 510 g/mol. The van der Waals surface area contributed by atoms with Crippen molar-refractivity contribution in [2.24, 2.45) is 0 Å². The molecular weight excluding hydrogens is 485 g/mol. The van der Waals surface area contributed by atoms with Crippen LogP contribution in [-0.2, 0) is 0 Å². The molecule has 6 aromatic rings. The largest absolute Gasteiger partial charge is 0.644 e. The molecule has 1 aliphatic heterocycles. The number of aromatic nitrogens is 1. The van der Waals surface area contributed by atoms with Crippen LogP contribution >= 0.6 is 0 Å². The highest BCUT2D eigenvalue weighted by Gasteiger charge is 2.19. The van der Waals surface area contributed by atoms with E-state index in [1.165, 1.54) is 26.3 Å². The van der Waals surface area contributed by atoms with E-state index in [2.05, 4.69) is 54.4 Å².